The van der Waals surface area contributed by atoms with Gasteiger partial charge in [-0.2, -0.15) is 0 Å². The molecule has 0 aliphatic carbocycles. The highest BCUT2D eigenvalue weighted by molar-refractivity contribution is 6.20. The summed E-state index contributed by atoms with van der Waals surface area (Å²) in [6, 6.07) is 14.5. The van der Waals surface area contributed by atoms with Gasteiger partial charge in [0.25, 0.3) is 0 Å². The summed E-state index contributed by atoms with van der Waals surface area (Å²) >= 11 is 0. The summed E-state index contributed by atoms with van der Waals surface area (Å²) in [5.41, 5.74) is 1.69. The number of ether oxygens (including phenoxy) is 2. The maximum absolute atomic E-state index is 11.6. The van der Waals surface area contributed by atoms with Gasteiger partial charge in [-0.25, -0.2) is 4.79 Å². The predicted molar refractivity (Wildman–Crippen MR) is 105 cm³/mol. The van der Waals surface area contributed by atoms with E-state index in [1.165, 1.54) is 19.3 Å². The topological polar surface area (TPSA) is 55.8 Å². The Balaban J connectivity index is 2.06. The quantitative estimate of drug-likeness (QED) is 0.358. The van der Waals surface area contributed by atoms with Gasteiger partial charge in [-0.05, 0) is 47.9 Å². The van der Waals surface area contributed by atoms with Crippen LogP contribution in [-0.2, 0) is 4.79 Å². The number of benzene rings is 2. The second kappa shape index (κ2) is 10.3. The minimum Gasteiger partial charge on any atom is -0.497 e. The van der Waals surface area contributed by atoms with Gasteiger partial charge in [0.15, 0.2) is 0 Å². The van der Waals surface area contributed by atoms with Gasteiger partial charge in [0.2, 0.25) is 0 Å². The number of carboxylic acids is 1. The third-order valence-electron chi connectivity index (χ3n) is 4.09. The number of rotatable bonds is 10. The highest BCUT2D eigenvalue weighted by atomic mass is 16.5. The van der Waals surface area contributed by atoms with Crippen molar-refractivity contribution in [3.05, 3.63) is 59.7 Å². The van der Waals surface area contributed by atoms with Crippen LogP contribution < -0.4 is 9.47 Å². The zero-order chi connectivity index (χ0) is 18.8. The molecule has 0 aromatic heterocycles. The van der Waals surface area contributed by atoms with Crippen molar-refractivity contribution in [3.8, 4) is 11.5 Å². The smallest absolute Gasteiger partial charge is 0.336 e. The summed E-state index contributed by atoms with van der Waals surface area (Å²) in [5, 5.41) is 9.53. The van der Waals surface area contributed by atoms with Gasteiger partial charge in [0.05, 0.1) is 19.3 Å². The van der Waals surface area contributed by atoms with E-state index >= 15 is 0 Å². The molecular weight excluding hydrogens is 328 g/mol. The van der Waals surface area contributed by atoms with Gasteiger partial charge in [0, 0.05) is 0 Å². The molecular formula is C22H26O4. The molecule has 0 radical (unpaired) electrons. The van der Waals surface area contributed by atoms with Crippen molar-refractivity contribution in [3.63, 3.8) is 0 Å². The fourth-order valence-corrected chi connectivity index (χ4v) is 2.58. The Morgan fingerprint density at radius 2 is 1.62 bits per heavy atom. The van der Waals surface area contributed by atoms with Crippen molar-refractivity contribution in [1.82, 2.24) is 0 Å². The lowest BCUT2D eigenvalue weighted by Gasteiger charge is -2.07. The van der Waals surface area contributed by atoms with Gasteiger partial charge in [0.1, 0.15) is 11.5 Å². The van der Waals surface area contributed by atoms with Gasteiger partial charge in [-0.1, -0.05) is 50.5 Å². The van der Waals surface area contributed by atoms with E-state index in [-0.39, 0.29) is 5.57 Å². The van der Waals surface area contributed by atoms with Crippen LogP contribution in [0.3, 0.4) is 0 Å². The van der Waals surface area contributed by atoms with Crippen molar-refractivity contribution >= 4 is 17.6 Å². The zero-order valence-electron chi connectivity index (χ0n) is 15.4. The Bertz CT molecular complexity index is 715. The maximum Gasteiger partial charge on any atom is 0.336 e. The van der Waals surface area contributed by atoms with Crippen LogP contribution in [0.2, 0.25) is 0 Å². The van der Waals surface area contributed by atoms with E-state index in [4.69, 9.17) is 9.47 Å². The van der Waals surface area contributed by atoms with Crippen LogP contribution >= 0.6 is 0 Å². The third kappa shape index (κ3) is 5.96. The molecule has 26 heavy (non-hydrogen) atoms. The minimum atomic E-state index is -0.966. The van der Waals surface area contributed by atoms with Crippen LogP contribution in [0.4, 0.5) is 0 Å². The molecule has 0 heterocycles. The number of hydrogen-bond donors (Lipinski definition) is 1. The summed E-state index contributed by atoms with van der Waals surface area (Å²) in [6.45, 7) is 2.89. The monoisotopic (exact) mass is 354 g/mol. The average Bonchev–Trinajstić information content (AvgIpc) is 2.67. The molecule has 4 heteroatoms. The van der Waals surface area contributed by atoms with E-state index in [1.54, 1.807) is 37.5 Å². The molecule has 0 unspecified atom stereocenters. The lowest BCUT2D eigenvalue weighted by molar-refractivity contribution is -0.130. The standard InChI is InChI=1S/C22H26O4/c1-3-4-5-6-15-26-20-11-7-17(8-12-20)16-21(22(23)24)18-9-13-19(25-2)14-10-18/h7-14,16H,3-6,15H2,1-2H3,(H,23,24)/b21-16-. The first-order valence-electron chi connectivity index (χ1n) is 8.96. The molecule has 0 amide bonds. The second-order valence-electron chi connectivity index (χ2n) is 6.07. The molecule has 0 atom stereocenters. The predicted octanol–water partition coefficient (Wildman–Crippen LogP) is 5.28. The van der Waals surface area contributed by atoms with Crippen LogP contribution in [0, 0.1) is 0 Å². The molecule has 2 aromatic rings. The molecule has 4 nitrogen and oxygen atoms in total. The molecule has 0 aliphatic rings. The number of carbonyl (C=O) groups is 1. The summed E-state index contributed by atoms with van der Waals surface area (Å²) < 4.78 is 10.8. The summed E-state index contributed by atoms with van der Waals surface area (Å²) in [4.78, 5) is 11.6. The Morgan fingerprint density at radius 3 is 2.19 bits per heavy atom. The Labute approximate surface area is 155 Å². The molecule has 0 bridgehead atoms. The second-order valence-corrected chi connectivity index (χ2v) is 6.07. The van der Waals surface area contributed by atoms with Gasteiger partial charge in [-0.15, -0.1) is 0 Å². The molecule has 1 N–H and O–H groups in total. The molecule has 0 spiro atoms. The first-order chi connectivity index (χ1) is 12.6. The molecule has 2 aromatic carbocycles. The number of methoxy groups -OCH3 is 1. The van der Waals surface area contributed by atoms with Crippen LogP contribution in [0.1, 0.15) is 43.7 Å². The van der Waals surface area contributed by atoms with Gasteiger partial charge >= 0.3 is 5.97 Å². The number of aliphatic carboxylic acids is 1. The first-order valence-corrected chi connectivity index (χ1v) is 8.96. The van der Waals surface area contributed by atoms with Crippen LogP contribution in [0.15, 0.2) is 48.5 Å². The molecule has 0 fully saturated rings. The van der Waals surface area contributed by atoms with Crippen molar-refractivity contribution in [2.45, 2.75) is 32.6 Å². The third-order valence-corrected chi connectivity index (χ3v) is 4.09. The Hall–Kier alpha value is -2.75. The fourth-order valence-electron chi connectivity index (χ4n) is 2.58. The number of carboxylic acid groups (broad SMARTS) is 1. The summed E-state index contributed by atoms with van der Waals surface area (Å²) in [7, 11) is 1.58. The van der Waals surface area contributed by atoms with Crippen molar-refractivity contribution in [2.75, 3.05) is 13.7 Å². The molecule has 0 saturated carbocycles. The lowest BCUT2D eigenvalue weighted by atomic mass is 10.0. The van der Waals surface area contributed by atoms with Crippen LogP contribution in [0.25, 0.3) is 11.6 Å². The molecule has 0 saturated heterocycles. The van der Waals surface area contributed by atoms with Gasteiger partial charge in [-0.3, -0.25) is 0 Å². The van der Waals surface area contributed by atoms with E-state index in [0.29, 0.717) is 17.9 Å². The van der Waals surface area contributed by atoms with E-state index in [1.807, 2.05) is 24.3 Å². The summed E-state index contributed by atoms with van der Waals surface area (Å²) in [5.74, 6) is 0.533. The van der Waals surface area contributed by atoms with Crippen LogP contribution in [-0.4, -0.2) is 24.8 Å². The molecule has 2 rings (SSSR count). The Morgan fingerprint density at radius 1 is 0.962 bits per heavy atom. The normalized spacial score (nSPS) is 11.2. The van der Waals surface area contributed by atoms with E-state index in [9.17, 15) is 9.90 Å². The number of unbranched alkanes of at least 4 members (excludes halogenated alkanes) is 3. The lowest BCUT2D eigenvalue weighted by Crippen LogP contribution is -2.00. The highest BCUT2D eigenvalue weighted by Gasteiger charge is 2.10. The van der Waals surface area contributed by atoms with Gasteiger partial charge < -0.3 is 14.6 Å². The Kier molecular flexibility index (Phi) is 7.75. The molecule has 138 valence electrons. The van der Waals surface area contributed by atoms with E-state index in [2.05, 4.69) is 6.92 Å². The first kappa shape index (κ1) is 19.6. The molecule has 0 aliphatic heterocycles. The van der Waals surface area contributed by atoms with Crippen molar-refractivity contribution in [1.29, 1.82) is 0 Å². The summed E-state index contributed by atoms with van der Waals surface area (Å²) in [6.07, 6.45) is 6.34. The highest BCUT2D eigenvalue weighted by Crippen LogP contribution is 2.23. The van der Waals surface area contributed by atoms with E-state index in [0.717, 1.165) is 17.7 Å². The van der Waals surface area contributed by atoms with Crippen molar-refractivity contribution in [2.24, 2.45) is 0 Å². The van der Waals surface area contributed by atoms with E-state index < -0.39 is 5.97 Å². The number of hydrogen-bond acceptors (Lipinski definition) is 3. The largest absolute Gasteiger partial charge is 0.497 e. The van der Waals surface area contributed by atoms with Crippen LogP contribution in [0.5, 0.6) is 11.5 Å². The minimum absolute atomic E-state index is 0.237. The fraction of sp³-hybridized carbons (Fsp3) is 0.318. The average molecular weight is 354 g/mol. The van der Waals surface area contributed by atoms with Crippen molar-refractivity contribution < 1.29 is 19.4 Å². The SMILES string of the molecule is CCCCCCOc1ccc(/C=C(\C(=O)O)c2ccc(OC)cc2)cc1. The maximum atomic E-state index is 11.6. The zero-order valence-corrected chi connectivity index (χ0v) is 15.4.